The van der Waals surface area contributed by atoms with Gasteiger partial charge in [-0.2, -0.15) is 0 Å². The zero-order chi connectivity index (χ0) is 19.1. The van der Waals surface area contributed by atoms with Gasteiger partial charge in [0.2, 0.25) is 5.91 Å². The molecule has 1 N–H and O–H groups in total. The summed E-state index contributed by atoms with van der Waals surface area (Å²) in [7, 11) is 0. The number of hydrogen-bond acceptors (Lipinski definition) is 3. The van der Waals surface area contributed by atoms with E-state index in [0.29, 0.717) is 24.4 Å². The third-order valence-corrected chi connectivity index (χ3v) is 6.06. The van der Waals surface area contributed by atoms with Crippen molar-refractivity contribution in [2.45, 2.75) is 51.5 Å². The van der Waals surface area contributed by atoms with Crippen LogP contribution in [0.2, 0.25) is 0 Å². The van der Waals surface area contributed by atoms with Crippen molar-refractivity contribution < 1.29 is 9.18 Å². The fraction of sp³-hybridized carbons (Fsp3) is 0.682. The van der Waals surface area contributed by atoms with Gasteiger partial charge in [-0.05, 0) is 76.8 Å². The van der Waals surface area contributed by atoms with Crippen molar-refractivity contribution in [1.82, 2.24) is 15.1 Å². The average molecular weight is 376 g/mol. The molecule has 2 saturated heterocycles. The van der Waals surface area contributed by atoms with Gasteiger partial charge >= 0.3 is 0 Å². The van der Waals surface area contributed by atoms with Crippen LogP contribution in [0.3, 0.4) is 0 Å². The van der Waals surface area contributed by atoms with Crippen LogP contribution in [0.25, 0.3) is 0 Å². The van der Waals surface area contributed by atoms with Crippen molar-refractivity contribution in [2.24, 2.45) is 5.92 Å². The van der Waals surface area contributed by atoms with E-state index in [1.807, 2.05) is 12.1 Å². The van der Waals surface area contributed by atoms with Crippen molar-refractivity contribution in [3.05, 3.63) is 35.6 Å². The molecular formula is C22H34FN3O. The van der Waals surface area contributed by atoms with Crippen LogP contribution in [0.1, 0.15) is 57.1 Å². The number of hydrogen-bond donors (Lipinski definition) is 1. The lowest BCUT2D eigenvalue weighted by molar-refractivity contribution is -0.122. The molecule has 27 heavy (non-hydrogen) atoms. The van der Waals surface area contributed by atoms with E-state index in [-0.39, 0.29) is 17.8 Å². The van der Waals surface area contributed by atoms with Crippen molar-refractivity contribution in [1.29, 1.82) is 0 Å². The van der Waals surface area contributed by atoms with Crippen LogP contribution in [0.15, 0.2) is 24.3 Å². The maximum Gasteiger partial charge on any atom is 0.220 e. The van der Waals surface area contributed by atoms with Crippen LogP contribution in [0.4, 0.5) is 4.39 Å². The van der Waals surface area contributed by atoms with Gasteiger partial charge in [0.05, 0.1) is 6.04 Å². The molecule has 1 aromatic carbocycles. The molecule has 1 aromatic rings. The van der Waals surface area contributed by atoms with Gasteiger partial charge in [0.25, 0.3) is 0 Å². The van der Waals surface area contributed by atoms with Gasteiger partial charge < -0.3 is 10.2 Å². The van der Waals surface area contributed by atoms with Crippen molar-refractivity contribution >= 4 is 5.91 Å². The van der Waals surface area contributed by atoms with Crippen molar-refractivity contribution in [3.63, 3.8) is 0 Å². The molecular weight excluding hydrogens is 341 g/mol. The highest BCUT2D eigenvalue weighted by atomic mass is 19.1. The minimum absolute atomic E-state index is 0.0657. The first-order valence-electron chi connectivity index (χ1n) is 10.6. The van der Waals surface area contributed by atoms with E-state index in [9.17, 15) is 9.18 Å². The number of likely N-dealkylation sites (tertiary alicyclic amines) is 2. The van der Waals surface area contributed by atoms with Gasteiger partial charge in [0.15, 0.2) is 0 Å². The third-order valence-electron chi connectivity index (χ3n) is 6.06. The summed E-state index contributed by atoms with van der Waals surface area (Å²) in [5.41, 5.74) is 0.701. The van der Waals surface area contributed by atoms with Crippen LogP contribution in [0, 0.1) is 11.7 Å². The van der Waals surface area contributed by atoms with Crippen LogP contribution in [0.5, 0.6) is 0 Å². The Morgan fingerprint density at radius 3 is 2.56 bits per heavy atom. The molecule has 0 saturated carbocycles. The van der Waals surface area contributed by atoms with E-state index in [1.165, 1.54) is 19.0 Å². The minimum atomic E-state index is -0.174. The molecule has 0 radical (unpaired) electrons. The number of nitrogens with one attached hydrogen (secondary N) is 1. The SMILES string of the molecule is CCCN1CCC(CC(=O)NC[C@H](c2ccccc2F)N2CCCC2)CC1. The molecule has 2 aliphatic heterocycles. The van der Waals surface area contributed by atoms with Gasteiger partial charge in [-0.15, -0.1) is 0 Å². The number of amides is 1. The molecule has 4 nitrogen and oxygen atoms in total. The number of nitrogens with zero attached hydrogens (tertiary/aromatic N) is 2. The molecule has 0 unspecified atom stereocenters. The maximum absolute atomic E-state index is 14.3. The van der Waals surface area contributed by atoms with E-state index >= 15 is 0 Å². The molecule has 1 amide bonds. The van der Waals surface area contributed by atoms with E-state index < -0.39 is 0 Å². The Morgan fingerprint density at radius 1 is 1.19 bits per heavy atom. The van der Waals surface area contributed by atoms with Crippen LogP contribution < -0.4 is 5.32 Å². The monoisotopic (exact) mass is 375 g/mol. The van der Waals surface area contributed by atoms with Crippen LogP contribution >= 0.6 is 0 Å². The molecule has 0 bridgehead atoms. The molecule has 0 aromatic heterocycles. The summed E-state index contributed by atoms with van der Waals surface area (Å²) in [6, 6.07) is 6.92. The summed E-state index contributed by atoms with van der Waals surface area (Å²) in [4.78, 5) is 17.3. The first-order chi connectivity index (χ1) is 13.2. The summed E-state index contributed by atoms with van der Waals surface area (Å²) in [6.45, 7) is 8.05. The maximum atomic E-state index is 14.3. The number of halogens is 1. The van der Waals surface area contributed by atoms with Gasteiger partial charge in [0.1, 0.15) is 5.82 Å². The van der Waals surface area contributed by atoms with Gasteiger partial charge in [-0.3, -0.25) is 9.69 Å². The van der Waals surface area contributed by atoms with Gasteiger partial charge in [-0.1, -0.05) is 25.1 Å². The Bertz CT molecular complexity index is 595. The highest BCUT2D eigenvalue weighted by Gasteiger charge is 2.27. The Morgan fingerprint density at radius 2 is 1.89 bits per heavy atom. The Kier molecular flexibility index (Phi) is 7.65. The van der Waals surface area contributed by atoms with E-state index in [2.05, 4.69) is 22.0 Å². The number of carbonyl (C=O) groups is 1. The van der Waals surface area contributed by atoms with E-state index in [0.717, 1.165) is 51.9 Å². The normalized spacial score (nSPS) is 20.7. The highest BCUT2D eigenvalue weighted by Crippen LogP contribution is 2.27. The van der Waals surface area contributed by atoms with Crippen molar-refractivity contribution in [2.75, 3.05) is 39.3 Å². The second-order valence-electron chi connectivity index (χ2n) is 8.07. The second kappa shape index (κ2) is 10.2. The van der Waals surface area contributed by atoms with Gasteiger partial charge in [0, 0.05) is 18.5 Å². The zero-order valence-electron chi connectivity index (χ0n) is 16.6. The molecule has 2 aliphatic rings. The fourth-order valence-corrected chi connectivity index (χ4v) is 4.51. The molecule has 2 heterocycles. The van der Waals surface area contributed by atoms with Crippen LogP contribution in [-0.2, 0) is 4.79 Å². The summed E-state index contributed by atoms with van der Waals surface area (Å²) in [5.74, 6) is 0.424. The quantitative estimate of drug-likeness (QED) is 0.754. The summed E-state index contributed by atoms with van der Waals surface area (Å²) < 4.78 is 14.3. The third kappa shape index (κ3) is 5.76. The number of rotatable bonds is 8. The van der Waals surface area contributed by atoms with E-state index in [1.54, 1.807) is 6.07 Å². The lowest BCUT2D eigenvalue weighted by atomic mass is 9.93. The molecule has 3 rings (SSSR count). The Labute approximate surface area is 163 Å². The van der Waals surface area contributed by atoms with Crippen molar-refractivity contribution in [3.8, 4) is 0 Å². The molecule has 5 heteroatoms. The molecule has 0 aliphatic carbocycles. The molecule has 2 fully saturated rings. The first kappa shape index (κ1) is 20.3. The topological polar surface area (TPSA) is 35.6 Å². The van der Waals surface area contributed by atoms with E-state index in [4.69, 9.17) is 0 Å². The lowest BCUT2D eigenvalue weighted by Gasteiger charge is -2.32. The lowest BCUT2D eigenvalue weighted by Crippen LogP contribution is -2.39. The number of piperidine rings is 1. The predicted octanol–water partition coefficient (Wildman–Crippen LogP) is 3.59. The average Bonchev–Trinajstić information content (AvgIpc) is 3.20. The second-order valence-corrected chi connectivity index (χ2v) is 8.07. The number of benzene rings is 1. The minimum Gasteiger partial charge on any atom is -0.354 e. The zero-order valence-corrected chi connectivity index (χ0v) is 16.6. The fourth-order valence-electron chi connectivity index (χ4n) is 4.51. The standard InChI is InChI=1S/C22H34FN3O/c1-2-11-25-14-9-18(10-15-25)16-22(27)24-17-21(26-12-5-6-13-26)19-7-3-4-8-20(19)23/h3-4,7-8,18,21H,2,5-6,9-17H2,1H3,(H,24,27)/t21-/m1/s1. The smallest absolute Gasteiger partial charge is 0.220 e. The largest absolute Gasteiger partial charge is 0.354 e. The summed E-state index contributed by atoms with van der Waals surface area (Å²) in [5, 5.41) is 3.11. The molecule has 1 atom stereocenters. The molecule has 150 valence electrons. The van der Waals surface area contributed by atoms with Crippen LogP contribution in [-0.4, -0.2) is 55.0 Å². The Hall–Kier alpha value is -1.46. The predicted molar refractivity (Wildman–Crippen MR) is 107 cm³/mol. The number of carbonyl (C=O) groups excluding carboxylic acids is 1. The van der Waals surface area contributed by atoms with Gasteiger partial charge in [-0.25, -0.2) is 4.39 Å². The highest BCUT2D eigenvalue weighted by molar-refractivity contribution is 5.76. The summed E-state index contributed by atoms with van der Waals surface area (Å²) in [6.07, 6.45) is 6.31. The molecule has 0 spiro atoms. The Balaban J connectivity index is 1.51. The first-order valence-corrected chi connectivity index (χ1v) is 10.6. The summed E-state index contributed by atoms with van der Waals surface area (Å²) >= 11 is 0.